The van der Waals surface area contributed by atoms with Gasteiger partial charge >= 0.3 is 0 Å². The highest BCUT2D eigenvalue weighted by molar-refractivity contribution is 6.46. The number of piperazine rings is 1. The predicted molar refractivity (Wildman–Crippen MR) is 118 cm³/mol. The number of para-hydroxylation sites is 1. The standard InChI is InChI=1S/C23H24ClN3O3/c1-3-25-11-13-26(14-12-25)21-20(18-9-4-5-10-19(18)30-2)22(28)27(23(21)29)17-8-6-7-16(24)15-17/h4-10,15H,3,11-14H2,1-2H3. The van der Waals surface area contributed by atoms with Crippen LogP contribution >= 0.6 is 11.6 Å². The summed E-state index contributed by atoms with van der Waals surface area (Å²) >= 11 is 6.14. The Hall–Kier alpha value is -2.83. The number of carbonyl (C=O) groups excluding carboxylic acids is 2. The van der Waals surface area contributed by atoms with Crippen molar-refractivity contribution in [3.05, 3.63) is 64.8 Å². The van der Waals surface area contributed by atoms with E-state index in [2.05, 4.69) is 11.8 Å². The number of ether oxygens (including phenoxy) is 1. The van der Waals surface area contributed by atoms with E-state index < -0.39 is 0 Å². The van der Waals surface area contributed by atoms with Gasteiger partial charge in [0.05, 0.1) is 18.4 Å². The molecule has 6 nitrogen and oxygen atoms in total. The topological polar surface area (TPSA) is 53.1 Å². The van der Waals surface area contributed by atoms with Gasteiger partial charge in [-0.15, -0.1) is 0 Å². The first-order valence-electron chi connectivity index (χ1n) is 10.0. The van der Waals surface area contributed by atoms with Gasteiger partial charge in [-0.3, -0.25) is 9.59 Å². The number of halogens is 1. The molecule has 0 spiro atoms. The first kappa shape index (κ1) is 20.4. The van der Waals surface area contributed by atoms with Gasteiger partial charge in [0.1, 0.15) is 11.4 Å². The van der Waals surface area contributed by atoms with Crippen molar-refractivity contribution >= 4 is 34.7 Å². The third-order valence-electron chi connectivity index (χ3n) is 5.64. The minimum atomic E-state index is -0.361. The number of hydrogen-bond donors (Lipinski definition) is 0. The van der Waals surface area contributed by atoms with Gasteiger partial charge in [-0.25, -0.2) is 4.90 Å². The lowest BCUT2D eigenvalue weighted by atomic mass is 10.0. The minimum Gasteiger partial charge on any atom is -0.496 e. The van der Waals surface area contributed by atoms with Crippen molar-refractivity contribution < 1.29 is 14.3 Å². The molecule has 1 saturated heterocycles. The summed E-state index contributed by atoms with van der Waals surface area (Å²) in [7, 11) is 1.56. The maximum atomic E-state index is 13.6. The summed E-state index contributed by atoms with van der Waals surface area (Å²) in [6.07, 6.45) is 0. The smallest absolute Gasteiger partial charge is 0.282 e. The van der Waals surface area contributed by atoms with Crippen LogP contribution in [0.4, 0.5) is 5.69 Å². The van der Waals surface area contributed by atoms with Crippen LogP contribution in [-0.2, 0) is 9.59 Å². The molecule has 2 aromatic carbocycles. The Morgan fingerprint density at radius 2 is 1.70 bits per heavy atom. The highest BCUT2D eigenvalue weighted by atomic mass is 35.5. The lowest BCUT2D eigenvalue weighted by Gasteiger charge is -2.36. The van der Waals surface area contributed by atoms with Crippen LogP contribution < -0.4 is 9.64 Å². The van der Waals surface area contributed by atoms with Gasteiger partial charge in [0.25, 0.3) is 11.8 Å². The summed E-state index contributed by atoms with van der Waals surface area (Å²) in [5.74, 6) is -0.126. The van der Waals surface area contributed by atoms with Crippen LogP contribution in [-0.4, -0.2) is 61.4 Å². The summed E-state index contributed by atoms with van der Waals surface area (Å²) in [4.78, 5) is 32.7. The second-order valence-corrected chi connectivity index (χ2v) is 7.71. The van der Waals surface area contributed by atoms with E-state index in [1.165, 1.54) is 4.90 Å². The Labute approximate surface area is 181 Å². The van der Waals surface area contributed by atoms with Crippen molar-refractivity contribution in [1.29, 1.82) is 0 Å². The van der Waals surface area contributed by atoms with Crippen molar-refractivity contribution in [2.24, 2.45) is 0 Å². The van der Waals surface area contributed by atoms with Crippen LogP contribution in [0.3, 0.4) is 0 Å². The van der Waals surface area contributed by atoms with E-state index in [0.29, 0.717) is 46.4 Å². The molecule has 0 bridgehead atoms. The molecule has 2 aromatic rings. The number of likely N-dealkylation sites (N-methyl/N-ethyl adjacent to an activating group) is 1. The van der Waals surface area contributed by atoms with Crippen LogP contribution in [0.15, 0.2) is 54.2 Å². The SMILES string of the molecule is CCN1CCN(C2=C(c3ccccc3OC)C(=O)N(c3cccc(Cl)c3)C2=O)CC1. The predicted octanol–water partition coefficient (Wildman–Crippen LogP) is 3.27. The molecule has 7 heteroatoms. The number of methoxy groups -OCH3 is 1. The van der Waals surface area contributed by atoms with Gasteiger partial charge in [0.15, 0.2) is 0 Å². The largest absolute Gasteiger partial charge is 0.496 e. The van der Waals surface area contributed by atoms with E-state index in [-0.39, 0.29) is 11.8 Å². The van der Waals surface area contributed by atoms with E-state index in [1.807, 2.05) is 23.1 Å². The highest BCUT2D eigenvalue weighted by Gasteiger charge is 2.43. The molecule has 2 aliphatic rings. The Kier molecular flexibility index (Phi) is 5.79. The van der Waals surface area contributed by atoms with Crippen LogP contribution in [0.5, 0.6) is 5.75 Å². The molecule has 0 atom stereocenters. The first-order chi connectivity index (χ1) is 14.5. The fourth-order valence-electron chi connectivity index (χ4n) is 4.04. The summed E-state index contributed by atoms with van der Waals surface area (Å²) in [5, 5.41) is 0.469. The summed E-state index contributed by atoms with van der Waals surface area (Å²) < 4.78 is 5.51. The van der Waals surface area contributed by atoms with Crippen LogP contribution in [0.1, 0.15) is 12.5 Å². The Bertz CT molecular complexity index is 1010. The molecule has 2 heterocycles. The zero-order valence-electron chi connectivity index (χ0n) is 17.1. The van der Waals surface area contributed by atoms with Gasteiger partial charge < -0.3 is 14.5 Å². The molecule has 2 aliphatic heterocycles. The van der Waals surface area contributed by atoms with Crippen LogP contribution in [0, 0.1) is 0 Å². The number of rotatable bonds is 5. The van der Waals surface area contributed by atoms with E-state index in [0.717, 1.165) is 19.6 Å². The fraction of sp³-hybridized carbons (Fsp3) is 0.304. The summed E-state index contributed by atoms with van der Waals surface area (Å²) in [6.45, 7) is 6.15. The molecule has 0 aromatic heterocycles. The van der Waals surface area contributed by atoms with Crippen molar-refractivity contribution in [3.63, 3.8) is 0 Å². The monoisotopic (exact) mass is 425 g/mol. The van der Waals surface area contributed by atoms with Gasteiger partial charge in [0.2, 0.25) is 0 Å². The van der Waals surface area contributed by atoms with Crippen molar-refractivity contribution in [2.45, 2.75) is 6.92 Å². The lowest BCUT2D eigenvalue weighted by molar-refractivity contribution is -0.120. The molecule has 30 heavy (non-hydrogen) atoms. The molecular formula is C23H24ClN3O3. The third kappa shape index (κ3) is 3.57. The Balaban J connectivity index is 1.82. The number of benzene rings is 2. The molecule has 0 unspecified atom stereocenters. The quantitative estimate of drug-likeness (QED) is 0.688. The van der Waals surface area contributed by atoms with E-state index >= 15 is 0 Å². The average Bonchev–Trinajstić information content (AvgIpc) is 3.03. The molecule has 0 N–H and O–H groups in total. The first-order valence-corrected chi connectivity index (χ1v) is 10.4. The van der Waals surface area contributed by atoms with E-state index in [9.17, 15) is 9.59 Å². The highest BCUT2D eigenvalue weighted by Crippen LogP contribution is 2.38. The van der Waals surface area contributed by atoms with Gasteiger partial charge in [-0.1, -0.05) is 42.8 Å². The van der Waals surface area contributed by atoms with Crippen molar-refractivity contribution in [2.75, 3.05) is 44.7 Å². The molecule has 0 saturated carbocycles. The van der Waals surface area contributed by atoms with E-state index in [1.54, 1.807) is 37.4 Å². The van der Waals surface area contributed by atoms with E-state index in [4.69, 9.17) is 16.3 Å². The Morgan fingerprint density at radius 1 is 0.967 bits per heavy atom. The molecule has 2 amide bonds. The Morgan fingerprint density at radius 3 is 2.37 bits per heavy atom. The van der Waals surface area contributed by atoms with Gasteiger partial charge in [-0.05, 0) is 30.8 Å². The lowest BCUT2D eigenvalue weighted by Crippen LogP contribution is -2.47. The molecular weight excluding hydrogens is 402 g/mol. The van der Waals surface area contributed by atoms with Gasteiger partial charge in [-0.2, -0.15) is 0 Å². The number of nitrogens with zero attached hydrogens (tertiary/aromatic N) is 3. The van der Waals surface area contributed by atoms with Crippen molar-refractivity contribution in [3.8, 4) is 5.75 Å². The third-order valence-corrected chi connectivity index (χ3v) is 5.87. The number of imide groups is 1. The number of anilines is 1. The second kappa shape index (κ2) is 8.50. The van der Waals surface area contributed by atoms with Crippen molar-refractivity contribution in [1.82, 2.24) is 9.80 Å². The zero-order chi connectivity index (χ0) is 21.3. The number of carbonyl (C=O) groups is 2. The van der Waals surface area contributed by atoms with Gasteiger partial charge in [0, 0.05) is 36.8 Å². The molecule has 4 rings (SSSR count). The molecule has 0 aliphatic carbocycles. The molecule has 156 valence electrons. The van der Waals surface area contributed by atoms with Crippen LogP contribution in [0.25, 0.3) is 5.57 Å². The molecule has 1 fully saturated rings. The number of amides is 2. The summed E-state index contributed by atoms with van der Waals surface area (Å²) in [5.41, 5.74) is 1.89. The average molecular weight is 426 g/mol. The zero-order valence-corrected chi connectivity index (χ0v) is 17.9. The maximum Gasteiger partial charge on any atom is 0.282 e. The summed E-state index contributed by atoms with van der Waals surface area (Å²) in [6, 6.07) is 14.1. The minimum absolute atomic E-state index is 0.326. The normalized spacial score (nSPS) is 17.8. The second-order valence-electron chi connectivity index (χ2n) is 7.27. The molecule has 0 radical (unpaired) electrons. The number of hydrogen-bond acceptors (Lipinski definition) is 5. The fourth-order valence-corrected chi connectivity index (χ4v) is 4.23. The van der Waals surface area contributed by atoms with Crippen LogP contribution in [0.2, 0.25) is 5.02 Å². The maximum absolute atomic E-state index is 13.6.